The number of carbonyl (C=O) groups excluding carboxylic acids is 1. The molecule has 4 heteroatoms. The van der Waals surface area contributed by atoms with Crippen LogP contribution in [0.1, 0.15) is 46.8 Å². The van der Waals surface area contributed by atoms with Crippen molar-refractivity contribution in [2.24, 2.45) is 0 Å². The second-order valence-corrected chi connectivity index (χ2v) is 6.08. The van der Waals surface area contributed by atoms with E-state index in [1.165, 1.54) is 24.0 Å². The van der Waals surface area contributed by atoms with E-state index >= 15 is 0 Å². The molecule has 3 nitrogen and oxygen atoms in total. The van der Waals surface area contributed by atoms with Gasteiger partial charge in [0.1, 0.15) is 0 Å². The largest absolute Gasteiger partial charge is 0.322 e. The third kappa shape index (κ3) is 4.37. The molecule has 0 saturated heterocycles. The molecule has 0 bridgehead atoms. The fraction of sp³-hybridized carbons (Fsp3) is 0.350. The van der Waals surface area contributed by atoms with Gasteiger partial charge in [0.05, 0.1) is 0 Å². The second kappa shape index (κ2) is 8.86. The zero-order chi connectivity index (χ0) is 16.1. The zero-order valence-electron chi connectivity index (χ0n) is 14.1. The molecule has 1 aliphatic carbocycles. The van der Waals surface area contributed by atoms with Crippen LogP contribution in [0.5, 0.6) is 0 Å². The number of amides is 1. The summed E-state index contributed by atoms with van der Waals surface area (Å²) in [5.41, 5.74) is 5.49. The van der Waals surface area contributed by atoms with Crippen LogP contribution < -0.4 is 10.6 Å². The average molecular weight is 345 g/mol. The van der Waals surface area contributed by atoms with E-state index in [1.54, 1.807) is 0 Å². The topological polar surface area (TPSA) is 41.1 Å². The molecule has 0 aliphatic heterocycles. The average Bonchev–Trinajstić information content (AvgIpc) is 2.60. The lowest BCUT2D eigenvalue weighted by atomic mass is 9.90. The number of hydrogen-bond acceptors (Lipinski definition) is 2. The summed E-state index contributed by atoms with van der Waals surface area (Å²) >= 11 is 0. The van der Waals surface area contributed by atoms with Gasteiger partial charge in [-0.2, -0.15) is 0 Å². The monoisotopic (exact) mass is 344 g/mol. The number of aryl methyl sites for hydroxylation is 2. The standard InChI is InChI=1S/C20H24N2O.ClH/c1-2-21-14-18-9-5-6-10-19(18)22-20(23)17-12-11-15-7-3-4-8-16(15)13-17;/h5-6,9-13,21H,2-4,7-8,14H2,1H3,(H,22,23);1H. The fourth-order valence-corrected chi connectivity index (χ4v) is 3.13. The molecule has 0 fully saturated rings. The summed E-state index contributed by atoms with van der Waals surface area (Å²) in [4.78, 5) is 12.6. The van der Waals surface area contributed by atoms with E-state index in [9.17, 15) is 4.79 Å². The Morgan fingerprint density at radius 2 is 1.79 bits per heavy atom. The van der Waals surface area contributed by atoms with Crippen molar-refractivity contribution in [1.82, 2.24) is 5.32 Å². The Bertz CT molecular complexity index is 700. The molecule has 3 rings (SSSR count). The molecule has 2 aromatic carbocycles. The van der Waals surface area contributed by atoms with Gasteiger partial charge in [-0.05, 0) is 67.1 Å². The maximum Gasteiger partial charge on any atom is 0.255 e. The first-order valence-corrected chi connectivity index (χ1v) is 8.49. The van der Waals surface area contributed by atoms with Gasteiger partial charge in [-0.25, -0.2) is 0 Å². The highest BCUT2D eigenvalue weighted by Gasteiger charge is 2.13. The number of carbonyl (C=O) groups is 1. The summed E-state index contributed by atoms with van der Waals surface area (Å²) in [6.07, 6.45) is 4.72. The van der Waals surface area contributed by atoms with E-state index < -0.39 is 0 Å². The molecule has 0 atom stereocenters. The van der Waals surface area contributed by atoms with Crippen molar-refractivity contribution in [1.29, 1.82) is 0 Å². The van der Waals surface area contributed by atoms with Gasteiger partial charge in [0.2, 0.25) is 0 Å². The Kier molecular flexibility index (Phi) is 6.83. The molecule has 0 radical (unpaired) electrons. The molecule has 24 heavy (non-hydrogen) atoms. The lowest BCUT2D eigenvalue weighted by molar-refractivity contribution is 0.102. The number of para-hydroxylation sites is 1. The predicted octanol–water partition coefficient (Wildman–Crippen LogP) is 4.35. The van der Waals surface area contributed by atoms with Gasteiger partial charge >= 0.3 is 0 Å². The summed E-state index contributed by atoms with van der Waals surface area (Å²) in [6.45, 7) is 3.75. The highest BCUT2D eigenvalue weighted by molar-refractivity contribution is 6.04. The Morgan fingerprint density at radius 1 is 1.04 bits per heavy atom. The van der Waals surface area contributed by atoms with Crippen molar-refractivity contribution in [2.75, 3.05) is 11.9 Å². The molecule has 0 unspecified atom stereocenters. The van der Waals surface area contributed by atoms with Crippen LogP contribution in [0.3, 0.4) is 0 Å². The van der Waals surface area contributed by atoms with Crippen molar-refractivity contribution in [3.63, 3.8) is 0 Å². The zero-order valence-corrected chi connectivity index (χ0v) is 14.9. The van der Waals surface area contributed by atoms with Crippen LogP contribution in [0.25, 0.3) is 0 Å². The molecule has 0 spiro atoms. The maximum absolute atomic E-state index is 12.6. The van der Waals surface area contributed by atoms with E-state index in [4.69, 9.17) is 0 Å². The van der Waals surface area contributed by atoms with Gasteiger partial charge in [-0.1, -0.05) is 31.2 Å². The van der Waals surface area contributed by atoms with E-state index in [1.807, 2.05) is 30.3 Å². The summed E-state index contributed by atoms with van der Waals surface area (Å²) in [6, 6.07) is 14.1. The third-order valence-electron chi connectivity index (χ3n) is 4.44. The number of fused-ring (bicyclic) bond motifs is 1. The van der Waals surface area contributed by atoms with Gasteiger partial charge in [0.15, 0.2) is 0 Å². The number of nitrogens with one attached hydrogen (secondary N) is 2. The molecule has 1 aliphatic rings. The van der Waals surface area contributed by atoms with Crippen LogP contribution in [0.2, 0.25) is 0 Å². The number of halogens is 1. The normalized spacial score (nSPS) is 12.9. The minimum atomic E-state index is -0.0256. The number of hydrogen-bond donors (Lipinski definition) is 2. The minimum absolute atomic E-state index is 0. The first-order valence-electron chi connectivity index (χ1n) is 8.49. The Balaban J connectivity index is 0.00000208. The van der Waals surface area contributed by atoms with Crippen LogP contribution in [0, 0.1) is 0 Å². The van der Waals surface area contributed by atoms with E-state index in [0.29, 0.717) is 0 Å². The van der Waals surface area contributed by atoms with Crippen LogP contribution in [-0.2, 0) is 19.4 Å². The number of benzene rings is 2. The summed E-state index contributed by atoms with van der Waals surface area (Å²) < 4.78 is 0. The van der Waals surface area contributed by atoms with Crippen LogP contribution in [0.15, 0.2) is 42.5 Å². The minimum Gasteiger partial charge on any atom is -0.322 e. The molecular weight excluding hydrogens is 320 g/mol. The van der Waals surface area contributed by atoms with Crippen molar-refractivity contribution in [3.05, 3.63) is 64.7 Å². The fourth-order valence-electron chi connectivity index (χ4n) is 3.13. The molecule has 128 valence electrons. The molecule has 0 aromatic heterocycles. The number of rotatable bonds is 5. The van der Waals surface area contributed by atoms with E-state index in [2.05, 4.69) is 29.7 Å². The van der Waals surface area contributed by atoms with Crippen molar-refractivity contribution >= 4 is 24.0 Å². The molecule has 1 amide bonds. The van der Waals surface area contributed by atoms with E-state index in [-0.39, 0.29) is 18.3 Å². The molecule has 2 N–H and O–H groups in total. The second-order valence-electron chi connectivity index (χ2n) is 6.08. The molecular formula is C20H25ClN2O. The highest BCUT2D eigenvalue weighted by Crippen LogP contribution is 2.23. The lowest BCUT2D eigenvalue weighted by Crippen LogP contribution is -2.17. The third-order valence-corrected chi connectivity index (χ3v) is 4.44. The maximum atomic E-state index is 12.6. The first-order chi connectivity index (χ1) is 11.3. The van der Waals surface area contributed by atoms with E-state index in [0.717, 1.165) is 42.7 Å². The summed E-state index contributed by atoms with van der Waals surface area (Å²) in [7, 11) is 0. The summed E-state index contributed by atoms with van der Waals surface area (Å²) in [5, 5.41) is 6.37. The van der Waals surface area contributed by atoms with Crippen molar-refractivity contribution in [2.45, 2.75) is 39.2 Å². The van der Waals surface area contributed by atoms with Gasteiger partial charge in [-0.15, -0.1) is 12.4 Å². The Labute approximate surface area is 150 Å². The molecule has 0 saturated carbocycles. The highest BCUT2D eigenvalue weighted by atomic mass is 35.5. The van der Waals surface area contributed by atoms with Crippen molar-refractivity contribution < 1.29 is 4.79 Å². The van der Waals surface area contributed by atoms with Crippen LogP contribution in [0.4, 0.5) is 5.69 Å². The molecule has 0 heterocycles. The SMILES string of the molecule is CCNCc1ccccc1NC(=O)c1ccc2c(c1)CCCC2.Cl. The van der Waals surface area contributed by atoms with Gasteiger partial charge < -0.3 is 10.6 Å². The predicted molar refractivity (Wildman–Crippen MR) is 102 cm³/mol. The van der Waals surface area contributed by atoms with Gasteiger partial charge in [0.25, 0.3) is 5.91 Å². The smallest absolute Gasteiger partial charge is 0.255 e. The quantitative estimate of drug-likeness (QED) is 0.846. The Morgan fingerprint density at radius 3 is 2.58 bits per heavy atom. The van der Waals surface area contributed by atoms with Gasteiger partial charge in [-0.3, -0.25) is 4.79 Å². The van der Waals surface area contributed by atoms with Crippen LogP contribution in [-0.4, -0.2) is 12.5 Å². The van der Waals surface area contributed by atoms with Gasteiger partial charge in [0, 0.05) is 17.8 Å². The number of anilines is 1. The Hall–Kier alpha value is -1.84. The lowest BCUT2D eigenvalue weighted by Gasteiger charge is -2.17. The molecule has 2 aromatic rings. The summed E-state index contributed by atoms with van der Waals surface area (Å²) in [5.74, 6) is -0.0256. The first kappa shape index (κ1) is 18.5. The van der Waals surface area contributed by atoms with Crippen molar-refractivity contribution in [3.8, 4) is 0 Å². The van der Waals surface area contributed by atoms with Crippen LogP contribution >= 0.6 is 12.4 Å².